The topological polar surface area (TPSA) is 144 Å². The Morgan fingerprint density at radius 1 is 0.951 bits per heavy atom. The van der Waals surface area contributed by atoms with Crippen molar-refractivity contribution in [3.63, 3.8) is 0 Å². The van der Waals surface area contributed by atoms with E-state index in [4.69, 9.17) is 19.3 Å². The number of aryl methyl sites for hydroxylation is 2. The van der Waals surface area contributed by atoms with Gasteiger partial charge in [-0.1, -0.05) is 0 Å². The number of aromatic hydroxyl groups is 1. The summed E-state index contributed by atoms with van der Waals surface area (Å²) in [6.07, 6.45) is 0. The van der Waals surface area contributed by atoms with Crippen LogP contribution in [-0.4, -0.2) is 53.1 Å². The first kappa shape index (κ1) is 28.8. The molecule has 0 spiro atoms. The third-order valence-corrected chi connectivity index (χ3v) is 6.12. The number of amides is 1. The molecule has 3 N–H and O–H groups in total. The molecule has 0 aliphatic heterocycles. The number of hydrogen-bond acceptors (Lipinski definition) is 8. The normalized spacial score (nSPS) is 10.8. The highest BCUT2D eigenvalue weighted by Gasteiger charge is 2.22. The number of nitrogens with zero attached hydrogens (tertiary/aromatic N) is 1. The standard InChI is InChI=1S/C30H27FN2O8/c1-5-40-30-23-13-20(6-7-22(23)27(37)25(33-30)29(38)32-14-24(34)35)41-28-15(2)8-17(9-16(28)3)26(36)18-10-19(31)12-21(11-18)39-4/h6-13,37H,5,14H2,1-4H3,(H,32,38)(H,34,35). The van der Waals surface area contributed by atoms with Gasteiger partial charge in [-0.15, -0.1) is 0 Å². The Kier molecular flexibility index (Phi) is 8.37. The van der Waals surface area contributed by atoms with Gasteiger partial charge in [-0.05, 0) is 74.4 Å². The zero-order chi connectivity index (χ0) is 29.8. The second-order valence-electron chi connectivity index (χ2n) is 9.08. The first-order valence-electron chi connectivity index (χ1n) is 12.5. The molecule has 41 heavy (non-hydrogen) atoms. The highest BCUT2D eigenvalue weighted by Crippen LogP contribution is 2.38. The number of carboxylic acid groups (broad SMARTS) is 1. The molecule has 3 aromatic carbocycles. The third-order valence-electron chi connectivity index (χ3n) is 6.12. The minimum absolute atomic E-state index is 0.0473. The summed E-state index contributed by atoms with van der Waals surface area (Å²) in [5.74, 6) is -2.39. The van der Waals surface area contributed by atoms with Crippen LogP contribution in [0.4, 0.5) is 4.39 Å². The van der Waals surface area contributed by atoms with Gasteiger partial charge >= 0.3 is 5.97 Å². The van der Waals surface area contributed by atoms with Crippen molar-refractivity contribution < 1.29 is 43.2 Å². The maximum absolute atomic E-state index is 14.0. The van der Waals surface area contributed by atoms with Crippen LogP contribution in [0.25, 0.3) is 10.8 Å². The van der Waals surface area contributed by atoms with E-state index in [1.54, 1.807) is 45.0 Å². The quantitative estimate of drug-likeness (QED) is 0.229. The predicted octanol–water partition coefficient (Wildman–Crippen LogP) is 4.94. The number of carbonyl (C=O) groups excluding carboxylic acids is 2. The van der Waals surface area contributed by atoms with Gasteiger partial charge in [-0.25, -0.2) is 9.37 Å². The van der Waals surface area contributed by atoms with Crippen molar-refractivity contribution in [1.82, 2.24) is 10.3 Å². The number of carboxylic acids is 1. The molecular weight excluding hydrogens is 535 g/mol. The maximum atomic E-state index is 14.0. The number of ether oxygens (including phenoxy) is 3. The minimum atomic E-state index is -1.25. The van der Waals surface area contributed by atoms with Gasteiger partial charge in [0.05, 0.1) is 19.1 Å². The number of fused-ring (bicyclic) bond motifs is 1. The summed E-state index contributed by atoms with van der Waals surface area (Å²) < 4.78 is 30.8. The molecule has 0 saturated heterocycles. The van der Waals surface area contributed by atoms with E-state index in [1.165, 1.54) is 25.3 Å². The second kappa shape index (κ2) is 11.9. The summed E-state index contributed by atoms with van der Waals surface area (Å²) in [5, 5.41) is 22.4. The van der Waals surface area contributed by atoms with Gasteiger partial charge in [0.15, 0.2) is 17.2 Å². The van der Waals surface area contributed by atoms with E-state index >= 15 is 0 Å². The highest BCUT2D eigenvalue weighted by atomic mass is 19.1. The Hall–Kier alpha value is -5.19. The fourth-order valence-electron chi connectivity index (χ4n) is 4.30. The van der Waals surface area contributed by atoms with Gasteiger partial charge in [-0.3, -0.25) is 14.4 Å². The molecule has 0 saturated carbocycles. The Balaban J connectivity index is 1.68. The van der Waals surface area contributed by atoms with Gasteiger partial charge in [0.1, 0.15) is 29.6 Å². The van der Waals surface area contributed by atoms with Gasteiger partial charge < -0.3 is 29.7 Å². The zero-order valence-corrected chi connectivity index (χ0v) is 22.7. The molecular formula is C30H27FN2O8. The van der Waals surface area contributed by atoms with Crippen LogP contribution in [0.15, 0.2) is 48.5 Å². The van der Waals surface area contributed by atoms with E-state index < -0.39 is 30.0 Å². The third kappa shape index (κ3) is 6.19. The number of ketones is 1. The summed E-state index contributed by atoms with van der Waals surface area (Å²) in [7, 11) is 1.39. The fourth-order valence-corrected chi connectivity index (χ4v) is 4.30. The summed E-state index contributed by atoms with van der Waals surface area (Å²) in [6.45, 7) is 4.83. The lowest BCUT2D eigenvalue weighted by Gasteiger charge is -2.16. The van der Waals surface area contributed by atoms with Gasteiger partial charge in [0.2, 0.25) is 5.88 Å². The van der Waals surface area contributed by atoms with Crippen molar-refractivity contribution >= 4 is 28.4 Å². The lowest BCUT2D eigenvalue weighted by atomic mass is 9.98. The number of aliphatic carboxylic acids is 1. The van der Waals surface area contributed by atoms with E-state index in [0.29, 0.717) is 33.6 Å². The summed E-state index contributed by atoms with van der Waals surface area (Å²) in [6, 6.07) is 11.8. The number of methoxy groups -OCH3 is 1. The lowest BCUT2D eigenvalue weighted by Crippen LogP contribution is -2.30. The number of nitrogens with one attached hydrogen (secondary N) is 1. The molecule has 0 aliphatic rings. The lowest BCUT2D eigenvalue weighted by molar-refractivity contribution is -0.135. The van der Waals surface area contributed by atoms with Crippen LogP contribution in [0.5, 0.6) is 28.9 Å². The average Bonchev–Trinajstić information content (AvgIpc) is 2.94. The molecule has 1 heterocycles. The smallest absolute Gasteiger partial charge is 0.322 e. The minimum Gasteiger partial charge on any atom is -0.505 e. The molecule has 0 fully saturated rings. The van der Waals surface area contributed by atoms with Gasteiger partial charge in [-0.2, -0.15) is 0 Å². The Morgan fingerprint density at radius 2 is 1.63 bits per heavy atom. The Morgan fingerprint density at radius 3 is 2.27 bits per heavy atom. The van der Waals surface area contributed by atoms with Crippen LogP contribution in [0, 0.1) is 19.7 Å². The number of benzene rings is 3. The van der Waals surface area contributed by atoms with E-state index in [2.05, 4.69) is 10.3 Å². The van der Waals surface area contributed by atoms with Crippen molar-refractivity contribution in [2.24, 2.45) is 0 Å². The Labute approximate surface area is 234 Å². The molecule has 11 heteroatoms. The first-order valence-corrected chi connectivity index (χ1v) is 12.5. The van der Waals surface area contributed by atoms with Crippen LogP contribution in [0.1, 0.15) is 44.5 Å². The molecule has 10 nitrogen and oxygen atoms in total. The van der Waals surface area contributed by atoms with Crippen LogP contribution in [0.2, 0.25) is 0 Å². The number of rotatable bonds is 10. The largest absolute Gasteiger partial charge is 0.505 e. The van der Waals surface area contributed by atoms with Crippen LogP contribution in [-0.2, 0) is 4.79 Å². The SMILES string of the molecule is CCOc1nc(C(=O)NCC(=O)O)c(O)c2ccc(Oc3c(C)cc(C(=O)c4cc(F)cc(OC)c4)cc3C)cc12. The molecule has 212 valence electrons. The highest BCUT2D eigenvalue weighted by molar-refractivity contribution is 6.09. The van der Waals surface area contributed by atoms with E-state index in [1.807, 2.05) is 0 Å². The predicted molar refractivity (Wildman–Crippen MR) is 147 cm³/mol. The van der Waals surface area contributed by atoms with Crippen molar-refractivity contribution in [3.05, 3.63) is 82.3 Å². The summed E-state index contributed by atoms with van der Waals surface area (Å²) >= 11 is 0. The molecule has 0 atom stereocenters. The molecule has 0 aliphatic carbocycles. The number of pyridine rings is 1. The molecule has 4 aromatic rings. The molecule has 1 aromatic heterocycles. The van der Waals surface area contributed by atoms with E-state index in [-0.39, 0.29) is 40.7 Å². The van der Waals surface area contributed by atoms with Crippen LogP contribution in [0.3, 0.4) is 0 Å². The van der Waals surface area contributed by atoms with Crippen LogP contribution >= 0.6 is 0 Å². The number of halogens is 1. The number of carbonyl (C=O) groups is 3. The summed E-state index contributed by atoms with van der Waals surface area (Å²) in [5.41, 5.74) is 1.41. The van der Waals surface area contributed by atoms with Crippen molar-refractivity contribution in [3.8, 4) is 28.9 Å². The van der Waals surface area contributed by atoms with Crippen molar-refractivity contribution in [1.29, 1.82) is 0 Å². The second-order valence-corrected chi connectivity index (χ2v) is 9.08. The van der Waals surface area contributed by atoms with E-state index in [9.17, 15) is 23.9 Å². The molecule has 1 amide bonds. The summed E-state index contributed by atoms with van der Waals surface area (Å²) in [4.78, 5) is 40.5. The van der Waals surface area contributed by atoms with Crippen molar-refractivity contribution in [2.75, 3.05) is 20.3 Å². The molecule has 4 rings (SSSR count). The fraction of sp³-hybridized carbons (Fsp3) is 0.200. The van der Waals surface area contributed by atoms with Crippen molar-refractivity contribution in [2.45, 2.75) is 20.8 Å². The number of hydrogen-bond donors (Lipinski definition) is 3. The van der Waals surface area contributed by atoms with Gasteiger partial charge in [0.25, 0.3) is 5.91 Å². The van der Waals surface area contributed by atoms with E-state index in [0.717, 1.165) is 6.07 Å². The van der Waals surface area contributed by atoms with Gasteiger partial charge in [0, 0.05) is 22.6 Å². The monoisotopic (exact) mass is 562 g/mol. The first-order chi connectivity index (χ1) is 19.5. The maximum Gasteiger partial charge on any atom is 0.322 e. The Bertz CT molecular complexity index is 1660. The van der Waals surface area contributed by atoms with Crippen LogP contribution < -0.4 is 19.5 Å². The molecule has 0 unspecified atom stereocenters. The zero-order valence-electron chi connectivity index (χ0n) is 22.7. The molecule has 0 bridgehead atoms. The average molecular weight is 563 g/mol. The molecule has 0 radical (unpaired) electrons. The number of aromatic nitrogens is 1.